The van der Waals surface area contributed by atoms with Gasteiger partial charge in [0.25, 0.3) is 0 Å². The maximum Gasteiger partial charge on any atom is 0.0623 e. The van der Waals surface area contributed by atoms with E-state index in [-0.39, 0.29) is 0 Å². The lowest BCUT2D eigenvalue weighted by Crippen LogP contribution is -2.36. The van der Waals surface area contributed by atoms with Gasteiger partial charge in [-0.3, -0.25) is 0 Å². The van der Waals surface area contributed by atoms with E-state index in [0.717, 1.165) is 24.3 Å². The summed E-state index contributed by atoms with van der Waals surface area (Å²) >= 11 is 2.16. The Hall–Kier alpha value is 0.270. The fourth-order valence-electron chi connectivity index (χ4n) is 2.50. The molecule has 0 spiro atoms. The van der Waals surface area contributed by atoms with Gasteiger partial charge in [-0.25, -0.2) is 0 Å². The van der Waals surface area contributed by atoms with Crippen molar-refractivity contribution in [2.24, 2.45) is 5.92 Å². The molecule has 3 atom stereocenters. The van der Waals surface area contributed by atoms with Gasteiger partial charge in [-0.15, -0.1) is 0 Å². The summed E-state index contributed by atoms with van der Waals surface area (Å²) in [7, 11) is 1.80. The number of nitrogens with one attached hydrogen (secondary N) is 1. The maximum absolute atomic E-state index is 5.29. The van der Waals surface area contributed by atoms with Gasteiger partial charge in [-0.05, 0) is 31.7 Å². The lowest BCUT2D eigenvalue weighted by Gasteiger charge is -2.28. The van der Waals surface area contributed by atoms with E-state index in [4.69, 9.17) is 4.74 Å². The summed E-state index contributed by atoms with van der Waals surface area (Å²) < 4.78 is 5.29. The first-order valence-corrected chi connectivity index (χ1v) is 8.15. The van der Waals surface area contributed by atoms with Crippen molar-refractivity contribution in [1.82, 2.24) is 5.32 Å². The number of thioether (sulfide) groups is 1. The Balaban J connectivity index is 2.19. The molecule has 1 fully saturated rings. The molecule has 2 nitrogen and oxygen atoms in total. The van der Waals surface area contributed by atoms with Crippen LogP contribution in [0.2, 0.25) is 0 Å². The Morgan fingerprint density at radius 2 is 2.24 bits per heavy atom. The van der Waals surface area contributed by atoms with Crippen LogP contribution in [0.3, 0.4) is 0 Å². The summed E-state index contributed by atoms with van der Waals surface area (Å²) in [5, 5.41) is 4.47. The number of hydrogen-bond donors (Lipinski definition) is 1. The van der Waals surface area contributed by atoms with E-state index in [0.29, 0.717) is 6.04 Å². The zero-order valence-corrected chi connectivity index (χ0v) is 12.5. The van der Waals surface area contributed by atoms with Crippen molar-refractivity contribution in [2.45, 2.75) is 57.2 Å². The average Bonchev–Trinajstić information content (AvgIpc) is 2.33. The van der Waals surface area contributed by atoms with Crippen molar-refractivity contribution < 1.29 is 4.74 Å². The predicted molar refractivity (Wildman–Crippen MR) is 77.8 cm³/mol. The SMILES string of the molecule is CCCNC(COC)CSC1CCCC(C)C1. The minimum absolute atomic E-state index is 0.530. The van der Waals surface area contributed by atoms with Crippen molar-refractivity contribution in [3.05, 3.63) is 0 Å². The highest BCUT2D eigenvalue weighted by atomic mass is 32.2. The summed E-state index contributed by atoms with van der Waals surface area (Å²) in [4.78, 5) is 0. The molecule has 3 unspecified atom stereocenters. The highest BCUT2D eigenvalue weighted by Gasteiger charge is 2.20. The van der Waals surface area contributed by atoms with Gasteiger partial charge < -0.3 is 10.1 Å². The van der Waals surface area contributed by atoms with Gasteiger partial charge in [0, 0.05) is 24.2 Å². The molecule has 0 bridgehead atoms. The smallest absolute Gasteiger partial charge is 0.0623 e. The van der Waals surface area contributed by atoms with Gasteiger partial charge >= 0.3 is 0 Å². The Kier molecular flexibility index (Phi) is 8.33. The Labute approximate surface area is 111 Å². The van der Waals surface area contributed by atoms with Crippen LogP contribution < -0.4 is 5.32 Å². The highest BCUT2D eigenvalue weighted by molar-refractivity contribution is 7.99. The molecule has 3 heteroatoms. The maximum atomic E-state index is 5.29. The van der Waals surface area contributed by atoms with Crippen molar-refractivity contribution in [2.75, 3.05) is 26.0 Å². The van der Waals surface area contributed by atoms with Crippen molar-refractivity contribution >= 4 is 11.8 Å². The quantitative estimate of drug-likeness (QED) is 0.722. The predicted octanol–water partition coefficient (Wildman–Crippen LogP) is 3.31. The Morgan fingerprint density at radius 1 is 1.41 bits per heavy atom. The molecule has 0 aromatic heterocycles. The van der Waals surface area contributed by atoms with Crippen molar-refractivity contribution in [1.29, 1.82) is 0 Å². The molecule has 0 aromatic rings. The van der Waals surface area contributed by atoms with Crippen LogP contribution in [0.5, 0.6) is 0 Å². The fraction of sp³-hybridized carbons (Fsp3) is 1.00. The summed E-state index contributed by atoms with van der Waals surface area (Å²) in [6, 6.07) is 0.530. The van der Waals surface area contributed by atoms with Crippen LogP contribution in [0.1, 0.15) is 46.0 Å². The summed E-state index contributed by atoms with van der Waals surface area (Å²) in [6.07, 6.45) is 6.90. The molecule has 102 valence electrons. The molecule has 1 aliphatic carbocycles. The first-order chi connectivity index (χ1) is 8.26. The first kappa shape index (κ1) is 15.3. The molecule has 1 saturated carbocycles. The van der Waals surface area contributed by atoms with E-state index in [1.807, 2.05) is 0 Å². The van der Waals surface area contributed by atoms with Crippen LogP contribution in [0.15, 0.2) is 0 Å². The van der Waals surface area contributed by atoms with E-state index in [2.05, 4.69) is 30.9 Å². The average molecular weight is 259 g/mol. The van der Waals surface area contributed by atoms with Crippen LogP contribution >= 0.6 is 11.8 Å². The summed E-state index contributed by atoms with van der Waals surface area (Å²) in [5.41, 5.74) is 0. The second-order valence-corrected chi connectivity index (χ2v) is 6.67. The number of methoxy groups -OCH3 is 1. The molecule has 0 aliphatic heterocycles. The van der Waals surface area contributed by atoms with Crippen LogP contribution in [-0.4, -0.2) is 37.3 Å². The molecular weight excluding hydrogens is 230 g/mol. The lowest BCUT2D eigenvalue weighted by atomic mass is 9.91. The number of rotatable bonds is 8. The second kappa shape index (κ2) is 9.23. The monoisotopic (exact) mass is 259 g/mol. The fourth-order valence-corrected chi connectivity index (χ4v) is 4.01. The minimum atomic E-state index is 0.530. The zero-order chi connectivity index (χ0) is 12.5. The van der Waals surface area contributed by atoms with Gasteiger partial charge in [0.05, 0.1) is 6.61 Å². The third kappa shape index (κ3) is 6.68. The van der Waals surface area contributed by atoms with E-state index >= 15 is 0 Å². The van der Waals surface area contributed by atoms with Crippen LogP contribution in [0, 0.1) is 5.92 Å². The molecular formula is C14H29NOS. The normalized spacial score (nSPS) is 27.0. The Morgan fingerprint density at radius 3 is 2.88 bits per heavy atom. The largest absolute Gasteiger partial charge is 0.383 e. The standard InChI is InChI=1S/C14H29NOS/c1-4-8-15-13(10-16-3)11-17-14-7-5-6-12(2)9-14/h12-15H,4-11H2,1-3H3. The van der Waals surface area contributed by atoms with E-state index in [1.54, 1.807) is 7.11 Å². The molecule has 1 rings (SSSR count). The molecule has 0 heterocycles. The van der Waals surface area contributed by atoms with Gasteiger partial charge in [0.1, 0.15) is 0 Å². The molecule has 0 saturated heterocycles. The molecule has 0 amide bonds. The summed E-state index contributed by atoms with van der Waals surface area (Å²) in [5.74, 6) is 2.14. The molecule has 0 radical (unpaired) electrons. The Bertz CT molecular complexity index is 189. The van der Waals surface area contributed by atoms with Crippen molar-refractivity contribution in [3.63, 3.8) is 0 Å². The van der Waals surface area contributed by atoms with Gasteiger partial charge in [0.2, 0.25) is 0 Å². The van der Waals surface area contributed by atoms with Crippen LogP contribution in [0.25, 0.3) is 0 Å². The lowest BCUT2D eigenvalue weighted by molar-refractivity contribution is 0.174. The van der Waals surface area contributed by atoms with Gasteiger partial charge in [-0.1, -0.05) is 26.7 Å². The van der Waals surface area contributed by atoms with E-state index in [9.17, 15) is 0 Å². The minimum Gasteiger partial charge on any atom is -0.383 e. The molecule has 0 aromatic carbocycles. The topological polar surface area (TPSA) is 21.3 Å². The molecule has 1 N–H and O–H groups in total. The third-order valence-electron chi connectivity index (χ3n) is 3.47. The van der Waals surface area contributed by atoms with Gasteiger partial charge in [0.15, 0.2) is 0 Å². The first-order valence-electron chi connectivity index (χ1n) is 7.10. The molecule has 1 aliphatic rings. The second-order valence-electron chi connectivity index (χ2n) is 5.33. The summed E-state index contributed by atoms with van der Waals surface area (Å²) in [6.45, 7) is 6.56. The van der Waals surface area contributed by atoms with Crippen LogP contribution in [-0.2, 0) is 4.74 Å². The zero-order valence-electron chi connectivity index (χ0n) is 11.7. The molecule has 17 heavy (non-hydrogen) atoms. The highest BCUT2D eigenvalue weighted by Crippen LogP contribution is 2.32. The van der Waals surface area contributed by atoms with Crippen molar-refractivity contribution in [3.8, 4) is 0 Å². The van der Waals surface area contributed by atoms with E-state index < -0.39 is 0 Å². The van der Waals surface area contributed by atoms with Gasteiger partial charge in [-0.2, -0.15) is 11.8 Å². The third-order valence-corrected chi connectivity index (χ3v) is 4.97. The number of hydrogen-bond acceptors (Lipinski definition) is 3. The number of ether oxygens (including phenoxy) is 1. The van der Waals surface area contributed by atoms with Crippen LogP contribution in [0.4, 0.5) is 0 Å². The van der Waals surface area contributed by atoms with E-state index in [1.165, 1.54) is 37.9 Å².